The van der Waals surface area contributed by atoms with Crippen LogP contribution in [0, 0.1) is 0 Å². The second-order valence-corrected chi connectivity index (χ2v) is 31.7. The third-order valence-corrected chi connectivity index (χ3v) is 22.2. The summed E-state index contributed by atoms with van der Waals surface area (Å²) in [5.41, 5.74) is 0. The maximum absolute atomic E-state index is 13.5. The Morgan fingerprint density at radius 3 is 0.943 bits per heavy atom. The molecule has 3 rings (SSSR count). The first-order valence-corrected chi connectivity index (χ1v) is 44.2. The molecule has 0 bridgehead atoms. The Hall–Kier alpha value is -1.99. The molecule has 0 aromatic carbocycles. The number of unbranched alkanes of at least 4 members (excludes halogenated alkanes) is 52. The van der Waals surface area contributed by atoms with E-state index in [2.05, 4.69) is 43.5 Å². The van der Waals surface area contributed by atoms with Gasteiger partial charge in [-0.05, 0) is 44.9 Å². The van der Waals surface area contributed by atoms with Crippen molar-refractivity contribution in [1.29, 1.82) is 0 Å². The van der Waals surface area contributed by atoms with Crippen molar-refractivity contribution < 1.29 is 89.4 Å². The Morgan fingerprint density at radius 1 is 0.330 bits per heavy atom. The topological polar surface area (TPSA) is 307 Å². The number of aliphatic hydroxyl groups is 11. The number of ether oxygens (including phenoxy) is 6. The molecule has 0 aromatic heterocycles. The standard InChI is InChI=1S/C87H163NO18/c1-3-5-7-9-11-13-15-17-19-21-23-25-27-29-31-33-35-37-39-41-43-45-47-49-51-53-55-57-59-61-63-65-75(93)88-70(71(92)64-62-60-58-56-54-52-50-48-46-44-42-40-38-36-34-32-30-28-26-24-22-20-18-16-14-12-10-8-6-4-2)69-101-85-81(99)78(96)83(73(67-90)103-85)106-87-82(100)79(97)84(74(68-91)104-87)105-86-80(98)77(95)76(94)72(66-89)102-86/h46,48,54,56,62,64,70-74,76-87,89-92,94-100H,3-45,47,49-53,55,57-61,63,65-69H2,1-2H3,(H,88,93)/b48-46+,56-54+,64-62+. The van der Waals surface area contributed by atoms with Crippen LogP contribution in [0.2, 0.25) is 0 Å². The highest BCUT2D eigenvalue weighted by Crippen LogP contribution is 2.34. The van der Waals surface area contributed by atoms with Crippen LogP contribution in [0.1, 0.15) is 380 Å². The minimum atomic E-state index is -1.98. The molecule has 0 saturated carbocycles. The molecule has 17 unspecified atom stereocenters. The van der Waals surface area contributed by atoms with Gasteiger partial charge < -0.3 is 89.9 Å². The van der Waals surface area contributed by atoms with Crippen molar-refractivity contribution in [2.24, 2.45) is 0 Å². The average molecular weight is 1510 g/mol. The molecule has 3 aliphatic heterocycles. The first kappa shape index (κ1) is 98.2. The fourth-order valence-electron chi connectivity index (χ4n) is 15.1. The van der Waals surface area contributed by atoms with Crippen LogP contribution in [-0.2, 0) is 33.2 Å². The van der Waals surface area contributed by atoms with E-state index < -0.39 is 124 Å². The van der Waals surface area contributed by atoms with E-state index in [-0.39, 0.29) is 18.9 Å². The van der Waals surface area contributed by atoms with Crippen molar-refractivity contribution in [2.75, 3.05) is 26.4 Å². The lowest BCUT2D eigenvalue weighted by atomic mass is 9.96. The van der Waals surface area contributed by atoms with Crippen LogP contribution < -0.4 is 5.32 Å². The maximum atomic E-state index is 13.5. The van der Waals surface area contributed by atoms with Gasteiger partial charge in [-0.2, -0.15) is 0 Å². The quantitative estimate of drug-likeness (QED) is 0.0199. The molecule has 1 amide bonds. The smallest absolute Gasteiger partial charge is 0.220 e. The highest BCUT2D eigenvalue weighted by molar-refractivity contribution is 5.76. The molecule has 3 fully saturated rings. The SMILES string of the molecule is CCCCCCCCCCCCCCCCCCCCCC/C=C/CC/C=C/CC/C=C/C(O)C(COC1OC(CO)C(OC2OC(CO)C(OC3OC(CO)C(O)C(O)C3O)C(O)C2O)C(O)C1O)NC(=O)CCCCCCCCCCCCCCCCCCCCCCCCCCCCCCCCC. The number of aliphatic hydroxyl groups excluding tert-OH is 11. The van der Waals surface area contributed by atoms with Gasteiger partial charge in [0, 0.05) is 6.42 Å². The zero-order chi connectivity index (χ0) is 76.7. The summed E-state index contributed by atoms with van der Waals surface area (Å²) in [5.74, 6) is -0.281. The van der Waals surface area contributed by atoms with Crippen LogP contribution in [0.25, 0.3) is 0 Å². The fraction of sp³-hybridized carbons (Fsp3) is 0.920. The van der Waals surface area contributed by atoms with Gasteiger partial charge in [-0.1, -0.05) is 365 Å². The van der Waals surface area contributed by atoms with Crippen molar-refractivity contribution >= 4 is 5.91 Å². The van der Waals surface area contributed by atoms with Crippen LogP contribution in [0.3, 0.4) is 0 Å². The lowest BCUT2D eigenvalue weighted by Crippen LogP contribution is -2.66. The number of amides is 1. The molecule has 0 radical (unpaired) electrons. The van der Waals surface area contributed by atoms with Crippen molar-refractivity contribution in [1.82, 2.24) is 5.32 Å². The minimum Gasteiger partial charge on any atom is -0.394 e. The first-order chi connectivity index (χ1) is 51.8. The summed E-state index contributed by atoms with van der Waals surface area (Å²) in [6, 6.07) is -0.997. The second-order valence-electron chi connectivity index (χ2n) is 31.7. The average Bonchev–Trinajstić information content (AvgIpc) is 0.781. The van der Waals surface area contributed by atoms with Gasteiger partial charge in [-0.15, -0.1) is 0 Å². The Bertz CT molecular complexity index is 2050. The van der Waals surface area contributed by atoms with E-state index >= 15 is 0 Å². The Balaban J connectivity index is 1.35. The highest BCUT2D eigenvalue weighted by Gasteiger charge is 2.54. The van der Waals surface area contributed by atoms with E-state index in [1.54, 1.807) is 6.08 Å². The molecule has 12 N–H and O–H groups in total. The summed E-state index contributed by atoms with van der Waals surface area (Å²) in [5, 5.41) is 121. The van der Waals surface area contributed by atoms with Gasteiger partial charge in [-0.25, -0.2) is 0 Å². The van der Waals surface area contributed by atoms with E-state index in [9.17, 15) is 61.0 Å². The van der Waals surface area contributed by atoms with Crippen LogP contribution in [-0.4, -0.2) is 193 Å². The zero-order valence-corrected chi connectivity index (χ0v) is 67.2. The minimum absolute atomic E-state index is 0.237. The van der Waals surface area contributed by atoms with Crippen molar-refractivity contribution in [3.63, 3.8) is 0 Å². The molecule has 0 spiro atoms. The van der Waals surface area contributed by atoms with Crippen molar-refractivity contribution in [3.05, 3.63) is 36.5 Å². The number of nitrogens with one attached hydrogen (secondary N) is 1. The van der Waals surface area contributed by atoms with E-state index in [1.807, 2.05) is 6.08 Å². The largest absolute Gasteiger partial charge is 0.394 e. The molecular formula is C87H163NO18. The van der Waals surface area contributed by atoms with Gasteiger partial charge in [0.15, 0.2) is 18.9 Å². The van der Waals surface area contributed by atoms with E-state index in [0.29, 0.717) is 12.8 Å². The fourth-order valence-corrected chi connectivity index (χ4v) is 15.1. The lowest BCUT2D eigenvalue weighted by Gasteiger charge is -2.48. The molecule has 0 aromatic rings. The Kier molecular flexibility index (Phi) is 62.5. The number of hydrogen-bond donors (Lipinski definition) is 12. The number of carbonyl (C=O) groups is 1. The number of rotatable bonds is 72. The van der Waals surface area contributed by atoms with E-state index in [4.69, 9.17) is 28.4 Å². The summed E-state index contributed by atoms with van der Waals surface area (Å²) in [6.07, 6.45) is 58.8. The first-order valence-electron chi connectivity index (χ1n) is 44.2. The van der Waals surface area contributed by atoms with Crippen LogP contribution in [0.4, 0.5) is 0 Å². The third kappa shape index (κ3) is 46.3. The summed E-state index contributed by atoms with van der Waals surface area (Å²) in [7, 11) is 0. The summed E-state index contributed by atoms with van der Waals surface area (Å²) in [4.78, 5) is 13.5. The van der Waals surface area contributed by atoms with Crippen molar-refractivity contribution in [2.45, 2.75) is 484 Å². The molecular weight excluding hydrogens is 1350 g/mol. The third-order valence-electron chi connectivity index (χ3n) is 22.2. The van der Waals surface area contributed by atoms with Crippen molar-refractivity contribution in [3.8, 4) is 0 Å². The molecule has 19 nitrogen and oxygen atoms in total. The maximum Gasteiger partial charge on any atom is 0.220 e. The number of allylic oxidation sites excluding steroid dienone is 5. The van der Waals surface area contributed by atoms with Gasteiger partial charge in [0.25, 0.3) is 0 Å². The predicted molar refractivity (Wildman–Crippen MR) is 425 cm³/mol. The van der Waals surface area contributed by atoms with Crippen LogP contribution in [0.15, 0.2) is 36.5 Å². The number of hydrogen-bond acceptors (Lipinski definition) is 18. The van der Waals surface area contributed by atoms with Gasteiger partial charge in [-0.3, -0.25) is 4.79 Å². The van der Waals surface area contributed by atoms with E-state index in [0.717, 1.165) is 44.9 Å². The predicted octanol–water partition coefficient (Wildman–Crippen LogP) is 16.2. The molecule has 17 atom stereocenters. The Labute approximate surface area is 644 Å². The molecule has 106 heavy (non-hydrogen) atoms. The summed E-state index contributed by atoms with van der Waals surface area (Å²) in [6.45, 7) is 1.78. The van der Waals surface area contributed by atoms with Crippen LogP contribution >= 0.6 is 0 Å². The molecule has 3 aliphatic rings. The highest BCUT2D eigenvalue weighted by atomic mass is 16.8. The number of carbonyl (C=O) groups excluding carboxylic acids is 1. The second kappa shape index (κ2) is 67.5. The molecule has 3 heterocycles. The Morgan fingerprint density at radius 2 is 0.604 bits per heavy atom. The monoisotopic (exact) mass is 1510 g/mol. The van der Waals surface area contributed by atoms with Gasteiger partial charge in [0.2, 0.25) is 5.91 Å². The van der Waals surface area contributed by atoms with Gasteiger partial charge >= 0.3 is 0 Å². The van der Waals surface area contributed by atoms with Gasteiger partial charge in [0.1, 0.15) is 73.2 Å². The summed E-state index contributed by atoms with van der Waals surface area (Å²) >= 11 is 0. The van der Waals surface area contributed by atoms with Gasteiger partial charge in [0.05, 0.1) is 38.6 Å². The zero-order valence-electron chi connectivity index (χ0n) is 67.2. The normalized spacial score (nSPS) is 25.8. The lowest BCUT2D eigenvalue weighted by molar-refractivity contribution is -0.379. The molecule has 624 valence electrons. The molecule has 19 heteroatoms. The molecule has 3 saturated heterocycles. The molecule has 0 aliphatic carbocycles. The van der Waals surface area contributed by atoms with Crippen LogP contribution in [0.5, 0.6) is 0 Å². The van der Waals surface area contributed by atoms with E-state index in [1.165, 1.54) is 302 Å². The summed E-state index contributed by atoms with van der Waals surface area (Å²) < 4.78 is 34.5.